The van der Waals surface area contributed by atoms with E-state index in [1.807, 2.05) is 13.1 Å². The molecule has 0 atom stereocenters. The summed E-state index contributed by atoms with van der Waals surface area (Å²) in [5, 5.41) is 7.06. The molecule has 0 aliphatic rings. The number of hydrogen-bond donors (Lipinski definition) is 1. The Bertz CT molecular complexity index is 514. The van der Waals surface area contributed by atoms with Crippen LogP contribution in [0.2, 0.25) is 0 Å². The van der Waals surface area contributed by atoms with Crippen molar-refractivity contribution in [3.05, 3.63) is 53.4 Å². The highest BCUT2D eigenvalue weighted by atomic mass is 35.5. The molecule has 1 aromatic carbocycles. The number of aromatic nitrogens is 2. The first-order valence-corrected chi connectivity index (χ1v) is 5.28. The lowest BCUT2D eigenvalue weighted by molar-refractivity contribution is 0.561. The molecule has 18 heavy (non-hydrogen) atoms. The number of nitrogens with one attached hydrogen (secondary N) is 1. The Morgan fingerprint density at radius 1 is 1.22 bits per heavy atom. The molecule has 0 aliphatic heterocycles. The average Bonchev–Trinajstić information content (AvgIpc) is 2.70. The van der Waals surface area contributed by atoms with Crippen molar-refractivity contribution in [3.8, 4) is 0 Å². The van der Waals surface area contributed by atoms with Crippen LogP contribution in [0.15, 0.2) is 30.5 Å². The maximum Gasteiger partial charge on any atom is 0.127 e. The standard InChI is InChI=1S/C12H13F2N3.ClH/c1-17-11(4-5-16-17)8-15-7-9-6-10(13)2-3-12(9)14;/h2-6,15H,7-8H2,1H3;1H. The third-order valence-electron chi connectivity index (χ3n) is 2.55. The third-order valence-corrected chi connectivity index (χ3v) is 2.55. The molecule has 0 radical (unpaired) electrons. The fourth-order valence-corrected chi connectivity index (χ4v) is 1.58. The first kappa shape index (κ1) is 14.6. The Hall–Kier alpha value is -1.46. The van der Waals surface area contributed by atoms with E-state index in [0.717, 1.165) is 17.8 Å². The largest absolute Gasteiger partial charge is 0.307 e. The summed E-state index contributed by atoms with van der Waals surface area (Å²) in [6.07, 6.45) is 1.69. The van der Waals surface area contributed by atoms with Crippen molar-refractivity contribution in [1.29, 1.82) is 0 Å². The molecule has 0 bridgehead atoms. The molecular formula is C12H14ClF2N3. The maximum atomic E-state index is 13.3. The van der Waals surface area contributed by atoms with Crippen LogP contribution in [0, 0.1) is 11.6 Å². The van der Waals surface area contributed by atoms with Gasteiger partial charge in [0.1, 0.15) is 11.6 Å². The van der Waals surface area contributed by atoms with Crippen molar-refractivity contribution >= 4 is 12.4 Å². The summed E-state index contributed by atoms with van der Waals surface area (Å²) < 4.78 is 27.9. The summed E-state index contributed by atoms with van der Waals surface area (Å²) in [6, 6.07) is 5.32. The zero-order chi connectivity index (χ0) is 12.3. The van der Waals surface area contributed by atoms with Gasteiger partial charge in [0.2, 0.25) is 0 Å². The van der Waals surface area contributed by atoms with Crippen molar-refractivity contribution in [2.75, 3.05) is 0 Å². The number of nitrogens with zero attached hydrogens (tertiary/aromatic N) is 2. The minimum atomic E-state index is -0.427. The first-order chi connectivity index (χ1) is 8.16. The zero-order valence-corrected chi connectivity index (χ0v) is 10.7. The second kappa shape index (κ2) is 6.47. The molecule has 2 aromatic rings. The summed E-state index contributed by atoms with van der Waals surface area (Å²) >= 11 is 0. The van der Waals surface area contributed by atoms with E-state index in [-0.39, 0.29) is 19.0 Å². The van der Waals surface area contributed by atoms with Crippen molar-refractivity contribution in [3.63, 3.8) is 0 Å². The van der Waals surface area contributed by atoms with Crippen LogP contribution in [0.3, 0.4) is 0 Å². The van der Waals surface area contributed by atoms with Crippen LogP contribution in [-0.2, 0) is 20.1 Å². The summed E-state index contributed by atoms with van der Waals surface area (Å²) in [6.45, 7) is 0.848. The molecule has 1 aromatic heterocycles. The van der Waals surface area contributed by atoms with Crippen LogP contribution in [0.4, 0.5) is 8.78 Å². The number of hydrogen-bond acceptors (Lipinski definition) is 2. The van der Waals surface area contributed by atoms with Gasteiger partial charge in [-0.1, -0.05) is 0 Å². The van der Waals surface area contributed by atoms with E-state index in [1.54, 1.807) is 10.9 Å². The van der Waals surface area contributed by atoms with Crippen LogP contribution in [0.5, 0.6) is 0 Å². The molecule has 6 heteroatoms. The number of halogens is 3. The van der Waals surface area contributed by atoms with E-state index in [1.165, 1.54) is 6.07 Å². The molecule has 0 saturated carbocycles. The molecule has 1 heterocycles. The van der Waals surface area contributed by atoms with Gasteiger partial charge in [-0.15, -0.1) is 12.4 Å². The molecular weight excluding hydrogens is 260 g/mol. The van der Waals surface area contributed by atoms with Gasteiger partial charge in [-0.05, 0) is 24.3 Å². The van der Waals surface area contributed by atoms with E-state index < -0.39 is 11.6 Å². The van der Waals surface area contributed by atoms with Crippen LogP contribution < -0.4 is 5.32 Å². The van der Waals surface area contributed by atoms with Crippen molar-refractivity contribution in [1.82, 2.24) is 15.1 Å². The van der Waals surface area contributed by atoms with E-state index in [4.69, 9.17) is 0 Å². The van der Waals surface area contributed by atoms with Gasteiger partial charge in [0.05, 0.1) is 5.69 Å². The molecule has 98 valence electrons. The van der Waals surface area contributed by atoms with Crippen molar-refractivity contribution in [2.45, 2.75) is 13.1 Å². The Morgan fingerprint density at radius 2 is 2.00 bits per heavy atom. The molecule has 0 unspecified atom stereocenters. The Morgan fingerprint density at radius 3 is 2.67 bits per heavy atom. The molecule has 0 fully saturated rings. The average molecular weight is 274 g/mol. The Balaban J connectivity index is 0.00000162. The van der Waals surface area contributed by atoms with Gasteiger partial charge < -0.3 is 5.32 Å². The lowest BCUT2D eigenvalue weighted by Gasteiger charge is -2.06. The normalized spacial score (nSPS) is 10.2. The van der Waals surface area contributed by atoms with Gasteiger partial charge >= 0.3 is 0 Å². The highest BCUT2D eigenvalue weighted by molar-refractivity contribution is 5.85. The maximum absolute atomic E-state index is 13.3. The lowest BCUT2D eigenvalue weighted by atomic mass is 10.2. The van der Waals surface area contributed by atoms with Crippen LogP contribution in [-0.4, -0.2) is 9.78 Å². The summed E-state index contributed by atoms with van der Waals surface area (Å²) in [4.78, 5) is 0. The van der Waals surface area contributed by atoms with E-state index in [9.17, 15) is 8.78 Å². The lowest BCUT2D eigenvalue weighted by Crippen LogP contribution is -2.16. The number of rotatable bonds is 4. The van der Waals surface area contributed by atoms with E-state index in [2.05, 4.69) is 10.4 Å². The fraction of sp³-hybridized carbons (Fsp3) is 0.250. The second-order valence-corrected chi connectivity index (χ2v) is 3.79. The predicted molar refractivity (Wildman–Crippen MR) is 67.4 cm³/mol. The Labute approximate surface area is 110 Å². The van der Waals surface area contributed by atoms with Crippen LogP contribution >= 0.6 is 12.4 Å². The number of benzene rings is 1. The smallest absolute Gasteiger partial charge is 0.127 e. The van der Waals surface area contributed by atoms with Gasteiger partial charge in [-0.3, -0.25) is 4.68 Å². The van der Waals surface area contributed by atoms with E-state index in [0.29, 0.717) is 12.1 Å². The quantitative estimate of drug-likeness (QED) is 0.927. The van der Waals surface area contributed by atoms with Crippen molar-refractivity contribution < 1.29 is 8.78 Å². The molecule has 0 spiro atoms. The topological polar surface area (TPSA) is 29.9 Å². The molecule has 0 amide bonds. The van der Waals surface area contributed by atoms with Gasteiger partial charge in [-0.2, -0.15) is 5.10 Å². The minimum Gasteiger partial charge on any atom is -0.307 e. The van der Waals surface area contributed by atoms with Crippen LogP contribution in [0.1, 0.15) is 11.3 Å². The molecule has 0 saturated heterocycles. The summed E-state index contributed by atoms with van der Waals surface area (Å²) in [5.41, 5.74) is 1.31. The van der Waals surface area contributed by atoms with Crippen molar-refractivity contribution in [2.24, 2.45) is 7.05 Å². The van der Waals surface area contributed by atoms with Gasteiger partial charge in [0, 0.05) is 31.9 Å². The molecule has 3 nitrogen and oxygen atoms in total. The SMILES string of the molecule is Cl.Cn1nccc1CNCc1cc(F)ccc1F. The second-order valence-electron chi connectivity index (χ2n) is 3.79. The molecule has 1 N–H and O–H groups in total. The third kappa shape index (κ3) is 3.51. The van der Waals surface area contributed by atoms with E-state index >= 15 is 0 Å². The predicted octanol–water partition coefficient (Wildman–Crippen LogP) is 2.41. The summed E-state index contributed by atoms with van der Waals surface area (Å²) in [7, 11) is 1.83. The van der Waals surface area contributed by atoms with Gasteiger partial charge in [0.25, 0.3) is 0 Å². The monoisotopic (exact) mass is 273 g/mol. The number of aryl methyl sites for hydroxylation is 1. The summed E-state index contributed by atoms with van der Waals surface area (Å²) in [5.74, 6) is -0.826. The molecule has 0 aliphatic carbocycles. The molecule has 2 rings (SSSR count). The zero-order valence-electron chi connectivity index (χ0n) is 9.86. The van der Waals surface area contributed by atoms with Gasteiger partial charge in [0.15, 0.2) is 0 Å². The highest BCUT2D eigenvalue weighted by Gasteiger charge is 2.04. The van der Waals surface area contributed by atoms with Gasteiger partial charge in [-0.25, -0.2) is 8.78 Å². The fourth-order valence-electron chi connectivity index (χ4n) is 1.58. The van der Waals surface area contributed by atoms with Crippen LogP contribution in [0.25, 0.3) is 0 Å². The highest BCUT2D eigenvalue weighted by Crippen LogP contribution is 2.09. The Kier molecular flexibility index (Phi) is 5.25. The minimum absolute atomic E-state index is 0. The first-order valence-electron chi connectivity index (χ1n) is 5.28.